The molecule has 1 aliphatic rings. The highest BCUT2D eigenvalue weighted by atomic mass is 35.5. The fourth-order valence-corrected chi connectivity index (χ4v) is 3.46. The average Bonchev–Trinajstić information content (AvgIpc) is 2.86. The van der Waals surface area contributed by atoms with Gasteiger partial charge < -0.3 is 14.8 Å². The van der Waals surface area contributed by atoms with Crippen LogP contribution in [0.1, 0.15) is 36.5 Å². The summed E-state index contributed by atoms with van der Waals surface area (Å²) in [5, 5.41) is 3.46. The van der Waals surface area contributed by atoms with E-state index in [1.54, 1.807) is 0 Å². The first-order valence-corrected chi connectivity index (χ1v) is 8.90. The van der Waals surface area contributed by atoms with Crippen molar-refractivity contribution in [1.29, 1.82) is 0 Å². The Morgan fingerprint density at radius 3 is 2.60 bits per heavy atom. The van der Waals surface area contributed by atoms with Crippen LogP contribution in [-0.4, -0.2) is 19.1 Å². The second kappa shape index (κ2) is 7.36. The van der Waals surface area contributed by atoms with Crippen LogP contribution in [0.2, 0.25) is 5.02 Å². The zero-order chi connectivity index (χ0) is 18.0. The minimum absolute atomic E-state index is 0.0172. The molecule has 0 fully saturated rings. The van der Waals surface area contributed by atoms with Crippen LogP contribution in [0.4, 0.5) is 5.69 Å². The Balaban J connectivity index is 1.93. The van der Waals surface area contributed by atoms with Crippen molar-refractivity contribution in [2.24, 2.45) is 0 Å². The summed E-state index contributed by atoms with van der Waals surface area (Å²) in [6, 6.07) is 9.80. The molecule has 0 saturated carbocycles. The van der Waals surface area contributed by atoms with Crippen molar-refractivity contribution in [3.63, 3.8) is 0 Å². The van der Waals surface area contributed by atoms with Crippen molar-refractivity contribution >= 4 is 23.2 Å². The molecule has 3 rings (SSSR count). The summed E-state index contributed by atoms with van der Waals surface area (Å²) < 4.78 is 11.3. The number of rotatable bonds is 6. The molecular formula is C20H22ClNO3. The predicted octanol–water partition coefficient (Wildman–Crippen LogP) is 4.72. The molecule has 1 heterocycles. The number of ether oxygens (including phenoxy) is 2. The Morgan fingerprint density at radius 2 is 1.88 bits per heavy atom. The standard InChI is InChI=1S/C20H22ClNO3/c1-4-24-18-11-13(10-16(21)19(18)25-5-2)9-15-14-8-12(3)6-7-17(14)22-20(15)23/h6-8,10-11,15H,4-5,9H2,1-3H3,(H,22,23)/t15-/m1/s1. The minimum atomic E-state index is -0.224. The molecule has 1 amide bonds. The van der Waals surface area contributed by atoms with Crippen molar-refractivity contribution in [3.8, 4) is 11.5 Å². The van der Waals surface area contributed by atoms with E-state index < -0.39 is 0 Å². The fraction of sp³-hybridized carbons (Fsp3) is 0.350. The third-order valence-corrected chi connectivity index (χ3v) is 4.54. The maximum atomic E-state index is 12.4. The molecule has 132 valence electrons. The Labute approximate surface area is 153 Å². The number of aryl methyl sites for hydroxylation is 1. The van der Waals surface area contributed by atoms with E-state index in [0.29, 0.717) is 36.2 Å². The summed E-state index contributed by atoms with van der Waals surface area (Å²) in [5.74, 6) is 0.971. The lowest BCUT2D eigenvalue weighted by Crippen LogP contribution is -2.14. The van der Waals surface area contributed by atoms with E-state index in [0.717, 1.165) is 22.4 Å². The lowest BCUT2D eigenvalue weighted by atomic mass is 9.92. The van der Waals surface area contributed by atoms with Gasteiger partial charge in [-0.05, 0) is 56.5 Å². The van der Waals surface area contributed by atoms with Crippen LogP contribution in [0.25, 0.3) is 0 Å². The van der Waals surface area contributed by atoms with Gasteiger partial charge in [-0.1, -0.05) is 29.3 Å². The number of fused-ring (bicyclic) bond motifs is 1. The van der Waals surface area contributed by atoms with Crippen molar-refractivity contribution < 1.29 is 14.3 Å². The summed E-state index contributed by atoms with van der Waals surface area (Å²) in [4.78, 5) is 12.4. The number of halogens is 1. The van der Waals surface area contributed by atoms with Crippen molar-refractivity contribution in [1.82, 2.24) is 0 Å². The smallest absolute Gasteiger partial charge is 0.232 e. The Kier molecular flexibility index (Phi) is 5.19. The van der Waals surface area contributed by atoms with Crippen LogP contribution in [0.3, 0.4) is 0 Å². The molecule has 0 spiro atoms. The van der Waals surface area contributed by atoms with Gasteiger partial charge in [-0.2, -0.15) is 0 Å². The maximum Gasteiger partial charge on any atom is 0.232 e. The number of carbonyl (C=O) groups excluding carboxylic acids is 1. The largest absolute Gasteiger partial charge is 0.490 e. The highest BCUT2D eigenvalue weighted by Gasteiger charge is 2.31. The molecule has 0 aromatic heterocycles. The first-order valence-electron chi connectivity index (χ1n) is 8.52. The molecule has 4 nitrogen and oxygen atoms in total. The summed E-state index contributed by atoms with van der Waals surface area (Å²) in [7, 11) is 0. The third kappa shape index (κ3) is 3.59. The van der Waals surface area contributed by atoms with Crippen LogP contribution in [0, 0.1) is 6.92 Å². The van der Waals surface area contributed by atoms with E-state index >= 15 is 0 Å². The number of anilines is 1. The molecule has 1 N–H and O–H groups in total. The van der Waals surface area contributed by atoms with Crippen LogP contribution in [0.15, 0.2) is 30.3 Å². The molecule has 1 aliphatic heterocycles. The van der Waals surface area contributed by atoms with Gasteiger partial charge in [-0.25, -0.2) is 0 Å². The number of carbonyl (C=O) groups is 1. The highest BCUT2D eigenvalue weighted by Crippen LogP contribution is 2.40. The summed E-state index contributed by atoms with van der Waals surface area (Å²) >= 11 is 6.39. The predicted molar refractivity (Wildman–Crippen MR) is 100 cm³/mol. The lowest BCUT2D eigenvalue weighted by Gasteiger charge is -2.16. The van der Waals surface area contributed by atoms with Gasteiger partial charge in [0, 0.05) is 5.69 Å². The van der Waals surface area contributed by atoms with Gasteiger partial charge in [-0.15, -0.1) is 0 Å². The normalized spacial score (nSPS) is 15.7. The van der Waals surface area contributed by atoms with Crippen LogP contribution < -0.4 is 14.8 Å². The molecule has 2 aromatic carbocycles. The number of nitrogens with one attached hydrogen (secondary N) is 1. The number of hydrogen-bond acceptors (Lipinski definition) is 3. The van der Waals surface area contributed by atoms with Gasteiger partial charge in [0.25, 0.3) is 0 Å². The summed E-state index contributed by atoms with van der Waals surface area (Å²) in [5.41, 5.74) is 4.02. The Hall–Kier alpha value is -2.20. The maximum absolute atomic E-state index is 12.4. The number of amides is 1. The Bertz CT molecular complexity index is 804. The van der Waals surface area contributed by atoms with Crippen molar-refractivity contribution in [3.05, 3.63) is 52.0 Å². The van der Waals surface area contributed by atoms with E-state index in [1.165, 1.54) is 0 Å². The van der Waals surface area contributed by atoms with Gasteiger partial charge in [0.05, 0.1) is 24.2 Å². The SMILES string of the molecule is CCOc1cc(C[C@H]2C(=O)Nc3ccc(C)cc32)cc(Cl)c1OCC. The molecule has 0 unspecified atom stereocenters. The molecule has 0 bridgehead atoms. The zero-order valence-corrected chi connectivity index (χ0v) is 15.4. The summed E-state index contributed by atoms with van der Waals surface area (Å²) in [6.07, 6.45) is 0.564. The van der Waals surface area contributed by atoms with E-state index in [-0.39, 0.29) is 11.8 Å². The first-order chi connectivity index (χ1) is 12.0. The molecule has 0 saturated heterocycles. The van der Waals surface area contributed by atoms with E-state index in [1.807, 2.05) is 45.0 Å². The van der Waals surface area contributed by atoms with E-state index in [9.17, 15) is 4.79 Å². The molecule has 1 atom stereocenters. The van der Waals surface area contributed by atoms with Crippen molar-refractivity contribution in [2.45, 2.75) is 33.1 Å². The fourth-order valence-electron chi connectivity index (χ4n) is 3.17. The molecule has 0 radical (unpaired) electrons. The van der Waals surface area contributed by atoms with Gasteiger partial charge in [0.15, 0.2) is 11.5 Å². The van der Waals surface area contributed by atoms with Crippen molar-refractivity contribution in [2.75, 3.05) is 18.5 Å². The van der Waals surface area contributed by atoms with Gasteiger partial charge in [-0.3, -0.25) is 4.79 Å². The van der Waals surface area contributed by atoms with E-state index in [4.69, 9.17) is 21.1 Å². The molecule has 0 aliphatic carbocycles. The first kappa shape index (κ1) is 17.6. The topological polar surface area (TPSA) is 47.6 Å². The molecule has 2 aromatic rings. The minimum Gasteiger partial charge on any atom is -0.490 e. The number of benzene rings is 2. The molecular weight excluding hydrogens is 338 g/mol. The quantitative estimate of drug-likeness (QED) is 0.811. The monoisotopic (exact) mass is 359 g/mol. The Morgan fingerprint density at radius 1 is 1.12 bits per heavy atom. The van der Waals surface area contributed by atoms with Gasteiger partial charge in [0.1, 0.15) is 0 Å². The van der Waals surface area contributed by atoms with Crippen LogP contribution >= 0.6 is 11.6 Å². The summed E-state index contributed by atoms with van der Waals surface area (Å²) in [6.45, 7) is 6.88. The van der Waals surface area contributed by atoms with Crippen LogP contribution in [0.5, 0.6) is 11.5 Å². The molecule has 25 heavy (non-hydrogen) atoms. The van der Waals surface area contributed by atoms with Gasteiger partial charge >= 0.3 is 0 Å². The lowest BCUT2D eigenvalue weighted by molar-refractivity contribution is -0.117. The average molecular weight is 360 g/mol. The van der Waals surface area contributed by atoms with E-state index in [2.05, 4.69) is 11.4 Å². The number of hydrogen-bond donors (Lipinski definition) is 1. The zero-order valence-electron chi connectivity index (χ0n) is 14.7. The second-order valence-electron chi connectivity index (χ2n) is 6.11. The highest BCUT2D eigenvalue weighted by molar-refractivity contribution is 6.32. The van der Waals surface area contributed by atoms with Crippen LogP contribution in [-0.2, 0) is 11.2 Å². The molecule has 5 heteroatoms. The second-order valence-corrected chi connectivity index (χ2v) is 6.51. The van der Waals surface area contributed by atoms with Gasteiger partial charge in [0.2, 0.25) is 5.91 Å². The third-order valence-electron chi connectivity index (χ3n) is 4.25.